The summed E-state index contributed by atoms with van der Waals surface area (Å²) >= 11 is 0. The van der Waals surface area contributed by atoms with Crippen molar-refractivity contribution in [1.82, 2.24) is 9.88 Å². The van der Waals surface area contributed by atoms with Crippen LogP contribution in [0.15, 0.2) is 42.6 Å². The summed E-state index contributed by atoms with van der Waals surface area (Å²) in [6.07, 6.45) is 1.10. The summed E-state index contributed by atoms with van der Waals surface area (Å²) in [5, 5.41) is 18.7. The van der Waals surface area contributed by atoms with Crippen molar-refractivity contribution in [3.8, 4) is 6.07 Å². The van der Waals surface area contributed by atoms with Crippen LogP contribution in [0.4, 0.5) is 4.39 Å². The van der Waals surface area contributed by atoms with Crippen molar-refractivity contribution in [2.45, 2.75) is 18.6 Å². The van der Waals surface area contributed by atoms with E-state index in [9.17, 15) is 14.3 Å². The molecular formula is C17H14FN3O2. The van der Waals surface area contributed by atoms with Crippen molar-refractivity contribution in [1.29, 1.82) is 5.26 Å². The van der Waals surface area contributed by atoms with Crippen molar-refractivity contribution in [3.63, 3.8) is 0 Å². The van der Waals surface area contributed by atoms with Gasteiger partial charge in [0.25, 0.3) is 5.91 Å². The number of aliphatic hydroxyl groups excluding tert-OH is 1. The highest BCUT2D eigenvalue weighted by atomic mass is 19.1. The summed E-state index contributed by atoms with van der Waals surface area (Å²) in [5.74, 6) is -0.667. The quantitative estimate of drug-likeness (QED) is 0.920. The molecule has 5 nitrogen and oxygen atoms in total. The molecule has 6 heteroatoms. The van der Waals surface area contributed by atoms with Gasteiger partial charge in [-0.3, -0.25) is 4.79 Å². The van der Waals surface area contributed by atoms with E-state index in [4.69, 9.17) is 5.26 Å². The number of nitriles is 1. The smallest absolute Gasteiger partial charge is 0.273 e. The van der Waals surface area contributed by atoms with Gasteiger partial charge >= 0.3 is 0 Å². The van der Waals surface area contributed by atoms with Crippen LogP contribution < -0.4 is 0 Å². The van der Waals surface area contributed by atoms with Gasteiger partial charge in [0, 0.05) is 12.7 Å². The first-order valence-corrected chi connectivity index (χ1v) is 7.19. The Hall–Kier alpha value is -2.78. The van der Waals surface area contributed by atoms with Crippen molar-refractivity contribution in [2.75, 3.05) is 6.54 Å². The lowest BCUT2D eigenvalue weighted by Gasteiger charge is -2.24. The van der Waals surface area contributed by atoms with Gasteiger partial charge in [0.05, 0.1) is 17.7 Å². The number of aromatic nitrogens is 1. The van der Waals surface area contributed by atoms with Crippen LogP contribution in [0.3, 0.4) is 0 Å². The zero-order valence-electron chi connectivity index (χ0n) is 12.2. The minimum atomic E-state index is -0.632. The number of aliphatic hydroxyl groups is 1. The number of nitrogens with zero attached hydrogens (tertiary/aromatic N) is 3. The average molecular weight is 311 g/mol. The van der Waals surface area contributed by atoms with Gasteiger partial charge < -0.3 is 10.0 Å². The SMILES string of the molecule is N#Cc1ccc(C(=O)N2C[C@H](O)C[C@H]2c2ccc(F)cc2)nc1. The summed E-state index contributed by atoms with van der Waals surface area (Å²) in [6.45, 7) is 0.197. The predicted molar refractivity (Wildman–Crippen MR) is 79.8 cm³/mol. The molecule has 1 saturated heterocycles. The summed E-state index contributed by atoms with van der Waals surface area (Å²) < 4.78 is 13.1. The molecule has 2 aromatic rings. The highest BCUT2D eigenvalue weighted by molar-refractivity contribution is 5.92. The maximum atomic E-state index is 13.1. The lowest BCUT2D eigenvalue weighted by atomic mass is 10.0. The molecule has 0 unspecified atom stereocenters. The molecule has 0 aliphatic carbocycles. The molecule has 0 bridgehead atoms. The minimum Gasteiger partial charge on any atom is -0.391 e. The Bertz CT molecular complexity index is 753. The molecule has 1 aromatic heterocycles. The first-order valence-electron chi connectivity index (χ1n) is 7.19. The third kappa shape index (κ3) is 3.05. The van der Waals surface area contributed by atoms with Crippen molar-refractivity contribution in [3.05, 3.63) is 65.2 Å². The van der Waals surface area contributed by atoms with Crippen molar-refractivity contribution >= 4 is 5.91 Å². The largest absolute Gasteiger partial charge is 0.391 e. The van der Waals surface area contributed by atoms with E-state index in [1.165, 1.54) is 35.4 Å². The lowest BCUT2D eigenvalue weighted by molar-refractivity contribution is 0.0710. The van der Waals surface area contributed by atoms with E-state index in [2.05, 4.69) is 4.98 Å². The number of hydrogen-bond acceptors (Lipinski definition) is 4. The first-order chi connectivity index (χ1) is 11.1. The topological polar surface area (TPSA) is 77.2 Å². The molecule has 1 aliphatic heterocycles. The van der Waals surface area contributed by atoms with Crippen LogP contribution in [0.1, 0.15) is 34.1 Å². The van der Waals surface area contributed by atoms with E-state index in [1.807, 2.05) is 6.07 Å². The molecule has 1 aromatic carbocycles. The Balaban J connectivity index is 1.87. The van der Waals surface area contributed by atoms with Gasteiger partial charge in [-0.1, -0.05) is 12.1 Å². The van der Waals surface area contributed by atoms with Crippen LogP contribution in [0, 0.1) is 17.1 Å². The fraction of sp³-hybridized carbons (Fsp3) is 0.235. The van der Waals surface area contributed by atoms with Gasteiger partial charge in [0.2, 0.25) is 0 Å². The van der Waals surface area contributed by atoms with Crippen LogP contribution >= 0.6 is 0 Å². The number of likely N-dealkylation sites (tertiary alicyclic amines) is 1. The van der Waals surface area contributed by atoms with E-state index in [0.29, 0.717) is 12.0 Å². The molecule has 0 saturated carbocycles. The van der Waals surface area contributed by atoms with E-state index in [0.717, 1.165) is 5.56 Å². The number of carbonyl (C=O) groups is 1. The summed E-state index contributed by atoms with van der Waals surface area (Å²) in [6, 6.07) is 10.5. The number of pyridine rings is 1. The standard InChI is InChI=1S/C17H14FN3O2/c18-13-4-2-12(3-5-13)16-7-14(22)10-21(16)17(23)15-6-1-11(8-19)9-20-15/h1-6,9,14,16,22H,7,10H2/t14-,16+/m1/s1. The normalized spacial score (nSPS) is 20.3. The van der Waals surface area contributed by atoms with Gasteiger partial charge in [0.1, 0.15) is 17.6 Å². The zero-order chi connectivity index (χ0) is 16.4. The molecule has 2 atom stereocenters. The summed E-state index contributed by atoms with van der Waals surface area (Å²) in [5.41, 5.74) is 1.35. The molecular weight excluding hydrogens is 297 g/mol. The Morgan fingerprint density at radius 3 is 2.65 bits per heavy atom. The monoisotopic (exact) mass is 311 g/mol. The van der Waals surface area contributed by atoms with Gasteiger partial charge in [-0.15, -0.1) is 0 Å². The maximum Gasteiger partial charge on any atom is 0.273 e. The van der Waals surface area contributed by atoms with Gasteiger partial charge in [-0.2, -0.15) is 5.26 Å². The second kappa shape index (κ2) is 6.15. The van der Waals surface area contributed by atoms with Gasteiger partial charge in [0.15, 0.2) is 0 Å². The highest BCUT2D eigenvalue weighted by Crippen LogP contribution is 2.33. The third-order valence-corrected chi connectivity index (χ3v) is 3.91. The molecule has 3 rings (SSSR count). The molecule has 116 valence electrons. The van der Waals surface area contributed by atoms with E-state index < -0.39 is 6.10 Å². The third-order valence-electron chi connectivity index (χ3n) is 3.91. The highest BCUT2D eigenvalue weighted by Gasteiger charge is 2.36. The molecule has 0 spiro atoms. The fourth-order valence-electron chi connectivity index (χ4n) is 2.77. The number of rotatable bonds is 2. The number of β-amino-alcohol motifs (C(OH)–C–C–N with tert-alkyl or cyclic N) is 1. The maximum absolute atomic E-state index is 13.1. The minimum absolute atomic E-state index is 0.197. The van der Waals surface area contributed by atoms with Crippen LogP contribution in [-0.4, -0.2) is 33.5 Å². The van der Waals surface area contributed by atoms with Crippen molar-refractivity contribution in [2.24, 2.45) is 0 Å². The van der Waals surface area contributed by atoms with Gasteiger partial charge in [-0.05, 0) is 36.2 Å². The molecule has 1 aliphatic rings. The Kier molecular flexibility index (Phi) is 4.04. The van der Waals surface area contributed by atoms with E-state index in [-0.39, 0.29) is 30.0 Å². The molecule has 2 heterocycles. The molecule has 1 amide bonds. The molecule has 1 fully saturated rings. The Labute approximate surface area is 132 Å². The number of benzene rings is 1. The van der Waals surface area contributed by atoms with Crippen LogP contribution in [0.2, 0.25) is 0 Å². The molecule has 0 radical (unpaired) electrons. The van der Waals surface area contributed by atoms with Crippen LogP contribution in [0.25, 0.3) is 0 Å². The Morgan fingerprint density at radius 1 is 1.30 bits per heavy atom. The fourth-order valence-corrected chi connectivity index (χ4v) is 2.77. The van der Waals surface area contributed by atoms with E-state index >= 15 is 0 Å². The van der Waals surface area contributed by atoms with Gasteiger partial charge in [-0.25, -0.2) is 9.37 Å². The van der Waals surface area contributed by atoms with Crippen LogP contribution in [0.5, 0.6) is 0 Å². The molecule has 23 heavy (non-hydrogen) atoms. The summed E-state index contributed by atoms with van der Waals surface area (Å²) in [7, 11) is 0. The number of hydrogen-bond donors (Lipinski definition) is 1. The lowest BCUT2D eigenvalue weighted by Crippen LogP contribution is -2.32. The van der Waals surface area contributed by atoms with Crippen molar-refractivity contribution < 1.29 is 14.3 Å². The van der Waals surface area contributed by atoms with E-state index in [1.54, 1.807) is 12.1 Å². The Morgan fingerprint density at radius 2 is 2.04 bits per heavy atom. The number of carbonyl (C=O) groups excluding carboxylic acids is 1. The zero-order valence-corrected chi connectivity index (χ0v) is 12.2. The second-order valence-electron chi connectivity index (χ2n) is 5.46. The second-order valence-corrected chi connectivity index (χ2v) is 5.46. The first kappa shape index (κ1) is 15.1. The average Bonchev–Trinajstić information content (AvgIpc) is 2.97. The number of halogens is 1. The molecule has 1 N–H and O–H groups in total. The summed E-state index contributed by atoms with van der Waals surface area (Å²) in [4.78, 5) is 18.2. The predicted octanol–water partition coefficient (Wildman–Crippen LogP) is 2.04. The number of amides is 1. The van der Waals surface area contributed by atoms with Crippen LogP contribution in [-0.2, 0) is 0 Å².